The largest absolute Gasteiger partial charge is 0.455 e. The Morgan fingerprint density at radius 2 is 1.00 bits per heavy atom. The maximum absolute atomic E-state index is 9.79. The van der Waals surface area contributed by atoms with E-state index < -0.39 is 41.1 Å². The van der Waals surface area contributed by atoms with Crippen molar-refractivity contribution in [3.63, 3.8) is 0 Å². The fraction of sp³-hybridized carbons (Fsp3) is 1.00. The summed E-state index contributed by atoms with van der Waals surface area (Å²) in [5.41, 5.74) is 0. The van der Waals surface area contributed by atoms with Crippen molar-refractivity contribution in [1.82, 2.24) is 0 Å². The smallest absolute Gasteiger partial charge is 0.175 e. The molecule has 0 heterocycles. The molecule has 0 amide bonds. The topological polar surface area (TPSA) is 109 Å². The van der Waals surface area contributed by atoms with Crippen LogP contribution in [0.5, 0.6) is 0 Å². The summed E-state index contributed by atoms with van der Waals surface area (Å²) in [7, 11) is -3.73. The highest BCUT2D eigenvalue weighted by Gasteiger charge is 2.34. The lowest BCUT2D eigenvalue weighted by atomic mass is 9.92. The van der Waals surface area contributed by atoms with Crippen LogP contribution < -0.4 is 0 Å². The standard InChI is InChI=1S/C20H42O7Si2/c1-28(2,11-9-25-15-5-7-17(21)19(23)13-15)27-29(3,4)12-10-26-16-6-8-18(22)20(24)14-16/h15-24H,5-14H2,1-4H3. The van der Waals surface area contributed by atoms with E-state index in [4.69, 9.17) is 13.6 Å². The molecule has 7 nitrogen and oxygen atoms in total. The zero-order valence-corrected chi connectivity index (χ0v) is 20.5. The van der Waals surface area contributed by atoms with E-state index in [0.29, 0.717) is 38.9 Å². The highest BCUT2D eigenvalue weighted by Crippen LogP contribution is 2.26. The first-order valence-electron chi connectivity index (χ1n) is 11.1. The van der Waals surface area contributed by atoms with Crippen LogP contribution in [0.3, 0.4) is 0 Å². The minimum Gasteiger partial charge on any atom is -0.455 e. The SMILES string of the molecule is C[Si](C)(CCOC1CCC(O)C(O)C1)O[Si](C)(C)CCOC1CCC(O)C(O)C1. The molecule has 0 aromatic heterocycles. The van der Waals surface area contributed by atoms with Crippen molar-refractivity contribution >= 4 is 16.6 Å². The average molecular weight is 451 g/mol. The van der Waals surface area contributed by atoms with E-state index in [0.717, 1.165) is 24.9 Å². The second-order valence-corrected chi connectivity index (χ2v) is 18.9. The van der Waals surface area contributed by atoms with Crippen LogP contribution in [0.25, 0.3) is 0 Å². The van der Waals surface area contributed by atoms with Crippen molar-refractivity contribution in [2.75, 3.05) is 13.2 Å². The summed E-state index contributed by atoms with van der Waals surface area (Å²) in [6.45, 7) is 10.2. The van der Waals surface area contributed by atoms with Crippen LogP contribution in [0.4, 0.5) is 0 Å². The zero-order valence-electron chi connectivity index (χ0n) is 18.5. The van der Waals surface area contributed by atoms with Gasteiger partial charge in [0.15, 0.2) is 16.6 Å². The molecule has 0 bridgehead atoms. The van der Waals surface area contributed by atoms with Gasteiger partial charge in [-0.05, 0) is 64.0 Å². The zero-order chi connectivity index (χ0) is 21.7. The minimum absolute atomic E-state index is 0.0289. The lowest BCUT2D eigenvalue weighted by Gasteiger charge is -2.36. The van der Waals surface area contributed by atoms with Crippen LogP contribution in [-0.4, -0.2) is 86.9 Å². The molecule has 4 N–H and O–H groups in total. The first-order valence-corrected chi connectivity index (χ1v) is 17.4. The Balaban J connectivity index is 1.65. The van der Waals surface area contributed by atoms with Gasteiger partial charge in [0.25, 0.3) is 0 Å². The normalized spacial score (nSPS) is 34.3. The molecule has 0 spiro atoms. The average Bonchev–Trinajstić information content (AvgIpc) is 2.60. The molecule has 2 aliphatic rings. The number of ether oxygens (including phenoxy) is 2. The predicted molar refractivity (Wildman–Crippen MR) is 117 cm³/mol. The fourth-order valence-corrected chi connectivity index (χ4v) is 12.3. The van der Waals surface area contributed by atoms with Gasteiger partial charge in [0.05, 0.1) is 36.6 Å². The summed E-state index contributed by atoms with van der Waals surface area (Å²) in [5.74, 6) is 0. The molecule has 6 unspecified atom stereocenters. The molecule has 2 saturated carbocycles. The Kier molecular flexibility index (Phi) is 9.77. The van der Waals surface area contributed by atoms with Crippen molar-refractivity contribution in [2.24, 2.45) is 0 Å². The lowest BCUT2D eigenvalue weighted by Crippen LogP contribution is -2.46. The van der Waals surface area contributed by atoms with E-state index in [2.05, 4.69) is 26.2 Å². The number of hydrogen-bond donors (Lipinski definition) is 4. The minimum atomic E-state index is -1.87. The van der Waals surface area contributed by atoms with E-state index in [-0.39, 0.29) is 12.2 Å². The summed E-state index contributed by atoms with van der Waals surface area (Å²) in [4.78, 5) is 0. The third-order valence-corrected chi connectivity index (χ3v) is 13.4. The van der Waals surface area contributed by atoms with Crippen LogP contribution in [0, 0.1) is 0 Å². The third kappa shape index (κ3) is 9.04. The van der Waals surface area contributed by atoms with Crippen molar-refractivity contribution in [3.8, 4) is 0 Å². The molecule has 2 aliphatic carbocycles. The Bertz CT molecular complexity index is 449. The fourth-order valence-electron chi connectivity index (χ4n) is 4.28. The van der Waals surface area contributed by atoms with Gasteiger partial charge in [0, 0.05) is 26.1 Å². The molecule has 2 rings (SSSR count). The molecule has 0 radical (unpaired) electrons. The second-order valence-electron chi connectivity index (χ2n) is 10.0. The van der Waals surface area contributed by atoms with Crippen LogP contribution >= 0.6 is 0 Å². The molecule has 6 atom stereocenters. The first-order chi connectivity index (χ1) is 13.5. The van der Waals surface area contributed by atoms with Gasteiger partial charge in [-0.15, -0.1) is 0 Å². The van der Waals surface area contributed by atoms with Crippen molar-refractivity contribution in [3.05, 3.63) is 0 Å². The first kappa shape index (κ1) is 25.4. The Morgan fingerprint density at radius 1 is 0.621 bits per heavy atom. The van der Waals surface area contributed by atoms with E-state index >= 15 is 0 Å². The van der Waals surface area contributed by atoms with E-state index in [1.165, 1.54) is 0 Å². The lowest BCUT2D eigenvalue weighted by molar-refractivity contribution is -0.0708. The van der Waals surface area contributed by atoms with Gasteiger partial charge in [-0.25, -0.2) is 0 Å². The van der Waals surface area contributed by atoms with Crippen LogP contribution in [0.2, 0.25) is 38.3 Å². The Morgan fingerprint density at radius 3 is 1.34 bits per heavy atom. The molecular weight excluding hydrogens is 408 g/mol. The summed E-state index contributed by atoms with van der Waals surface area (Å²) in [6, 6.07) is 1.82. The molecule has 172 valence electrons. The van der Waals surface area contributed by atoms with Gasteiger partial charge in [0.2, 0.25) is 0 Å². The van der Waals surface area contributed by atoms with Gasteiger partial charge in [-0.2, -0.15) is 0 Å². The number of rotatable bonds is 10. The summed E-state index contributed by atoms with van der Waals surface area (Å²) in [6.07, 6.45) is 1.30. The van der Waals surface area contributed by atoms with Crippen LogP contribution in [0.15, 0.2) is 0 Å². The monoisotopic (exact) mass is 450 g/mol. The molecule has 0 aliphatic heterocycles. The number of hydrogen-bond acceptors (Lipinski definition) is 7. The van der Waals surface area contributed by atoms with Crippen molar-refractivity contribution in [2.45, 2.75) is 113 Å². The molecule has 0 saturated heterocycles. The van der Waals surface area contributed by atoms with Gasteiger partial charge in [-0.1, -0.05) is 0 Å². The molecule has 2 fully saturated rings. The van der Waals surface area contributed by atoms with Crippen LogP contribution in [0.1, 0.15) is 38.5 Å². The van der Waals surface area contributed by atoms with Crippen LogP contribution in [-0.2, 0) is 13.6 Å². The van der Waals surface area contributed by atoms with Gasteiger partial charge in [-0.3, -0.25) is 0 Å². The summed E-state index contributed by atoms with van der Waals surface area (Å²) >= 11 is 0. The van der Waals surface area contributed by atoms with Gasteiger partial charge in [0.1, 0.15) is 0 Å². The maximum Gasteiger partial charge on any atom is 0.175 e. The Hall–Kier alpha value is 0.154. The molecule has 9 heteroatoms. The van der Waals surface area contributed by atoms with Gasteiger partial charge >= 0.3 is 0 Å². The van der Waals surface area contributed by atoms with E-state index in [1.54, 1.807) is 0 Å². The third-order valence-electron chi connectivity index (χ3n) is 6.13. The molecule has 0 aromatic rings. The number of aliphatic hydroxyl groups is 4. The summed E-state index contributed by atoms with van der Waals surface area (Å²) in [5, 5.41) is 38.8. The molecule has 29 heavy (non-hydrogen) atoms. The summed E-state index contributed by atoms with van der Waals surface area (Å²) < 4.78 is 18.5. The van der Waals surface area contributed by atoms with Gasteiger partial charge < -0.3 is 34.0 Å². The van der Waals surface area contributed by atoms with Crippen molar-refractivity contribution < 1.29 is 34.0 Å². The molecule has 0 aromatic carbocycles. The highest BCUT2D eigenvalue weighted by atomic mass is 28.4. The van der Waals surface area contributed by atoms with Crippen molar-refractivity contribution in [1.29, 1.82) is 0 Å². The highest BCUT2D eigenvalue weighted by molar-refractivity contribution is 6.84. The number of aliphatic hydroxyl groups excluding tert-OH is 4. The Labute approximate surface area is 177 Å². The van der Waals surface area contributed by atoms with E-state index in [1.807, 2.05) is 0 Å². The predicted octanol–water partition coefficient (Wildman–Crippen LogP) is 1.99. The maximum atomic E-state index is 9.79. The second kappa shape index (κ2) is 11.1. The quantitative estimate of drug-likeness (QED) is 0.377. The van der Waals surface area contributed by atoms with E-state index in [9.17, 15) is 20.4 Å². The molecular formula is C20H42O7Si2.